The number of nitrogens with zero attached hydrogens (tertiary/aromatic N) is 1. The van der Waals surface area contributed by atoms with Crippen LogP contribution in [0.1, 0.15) is 12.5 Å². The van der Waals surface area contributed by atoms with Gasteiger partial charge in [0, 0.05) is 12.1 Å². The molecular weight excluding hydrogens is 336 g/mol. The van der Waals surface area contributed by atoms with Gasteiger partial charge < -0.3 is 24.3 Å². The van der Waals surface area contributed by atoms with Gasteiger partial charge >= 0.3 is 0 Å². The molecule has 0 aliphatic heterocycles. The van der Waals surface area contributed by atoms with Crippen molar-refractivity contribution in [2.75, 3.05) is 32.8 Å². The zero-order valence-corrected chi connectivity index (χ0v) is 14.9. The Hall–Kier alpha value is -3.40. The topological polar surface area (TPSA) is 89.8 Å². The maximum Gasteiger partial charge on any atom is 0.262 e. The molecule has 7 heteroatoms. The van der Waals surface area contributed by atoms with Crippen LogP contribution in [-0.4, -0.2) is 33.3 Å². The molecule has 0 aliphatic carbocycles. The minimum absolute atomic E-state index is 0.221. The summed E-state index contributed by atoms with van der Waals surface area (Å²) in [7, 11) is 3.06. The maximum atomic E-state index is 12.2. The standard InChI is InChI=1S/C19H20N2O5/c1-4-25-18-9-13(11-20)5-8-16(18)26-12-19(22)21-15-7-6-14(23-2)10-17(15)24-3/h5-10H,4,12H2,1-3H3,(H,21,22). The molecule has 0 saturated carbocycles. The van der Waals surface area contributed by atoms with Gasteiger partial charge in [-0.2, -0.15) is 5.26 Å². The molecule has 7 nitrogen and oxygen atoms in total. The van der Waals surface area contributed by atoms with Gasteiger partial charge in [-0.25, -0.2) is 0 Å². The summed E-state index contributed by atoms with van der Waals surface area (Å²) in [6.07, 6.45) is 0. The zero-order chi connectivity index (χ0) is 18.9. The number of amides is 1. The summed E-state index contributed by atoms with van der Waals surface area (Å²) in [6.45, 7) is 2.02. The molecule has 0 atom stereocenters. The van der Waals surface area contributed by atoms with Gasteiger partial charge in [0.25, 0.3) is 5.91 Å². The highest BCUT2D eigenvalue weighted by Gasteiger charge is 2.12. The van der Waals surface area contributed by atoms with Gasteiger partial charge in [-0.1, -0.05) is 0 Å². The van der Waals surface area contributed by atoms with Crippen molar-refractivity contribution in [2.45, 2.75) is 6.92 Å². The largest absolute Gasteiger partial charge is 0.497 e. The highest BCUT2D eigenvalue weighted by atomic mass is 16.5. The molecule has 0 radical (unpaired) electrons. The van der Waals surface area contributed by atoms with Gasteiger partial charge in [-0.3, -0.25) is 4.79 Å². The van der Waals surface area contributed by atoms with Gasteiger partial charge in [0.1, 0.15) is 11.5 Å². The van der Waals surface area contributed by atoms with Crippen molar-refractivity contribution in [1.29, 1.82) is 5.26 Å². The van der Waals surface area contributed by atoms with Crippen LogP contribution in [0.3, 0.4) is 0 Å². The second kappa shape index (κ2) is 9.18. The highest BCUT2D eigenvalue weighted by molar-refractivity contribution is 5.93. The van der Waals surface area contributed by atoms with Crippen LogP contribution in [-0.2, 0) is 4.79 Å². The van der Waals surface area contributed by atoms with E-state index in [1.165, 1.54) is 7.11 Å². The summed E-state index contributed by atoms with van der Waals surface area (Å²) in [5, 5.41) is 11.7. The van der Waals surface area contributed by atoms with Crippen molar-refractivity contribution < 1.29 is 23.7 Å². The smallest absolute Gasteiger partial charge is 0.262 e. The Balaban J connectivity index is 2.04. The quantitative estimate of drug-likeness (QED) is 0.782. The van der Waals surface area contributed by atoms with Crippen molar-refractivity contribution >= 4 is 11.6 Å². The average Bonchev–Trinajstić information content (AvgIpc) is 2.67. The number of ether oxygens (including phenoxy) is 4. The lowest BCUT2D eigenvalue weighted by atomic mass is 10.2. The van der Waals surface area contributed by atoms with Crippen LogP contribution < -0.4 is 24.3 Å². The normalized spacial score (nSPS) is 9.77. The first kappa shape index (κ1) is 18.9. The predicted molar refractivity (Wildman–Crippen MR) is 96.0 cm³/mol. The Morgan fingerprint density at radius 2 is 1.85 bits per heavy atom. The van der Waals surface area contributed by atoms with Crippen molar-refractivity contribution in [1.82, 2.24) is 0 Å². The minimum atomic E-state index is -0.361. The molecule has 0 bridgehead atoms. The summed E-state index contributed by atoms with van der Waals surface area (Å²) >= 11 is 0. The molecule has 0 unspecified atom stereocenters. The number of anilines is 1. The predicted octanol–water partition coefficient (Wildman–Crippen LogP) is 2.99. The van der Waals surface area contributed by atoms with Crippen molar-refractivity contribution in [3.63, 3.8) is 0 Å². The SMILES string of the molecule is CCOc1cc(C#N)ccc1OCC(=O)Nc1ccc(OC)cc1OC. The monoisotopic (exact) mass is 356 g/mol. The molecule has 2 rings (SSSR count). The van der Waals surface area contributed by atoms with Gasteiger partial charge in [-0.05, 0) is 31.2 Å². The van der Waals surface area contributed by atoms with E-state index in [0.29, 0.717) is 40.9 Å². The lowest BCUT2D eigenvalue weighted by Gasteiger charge is -2.14. The molecule has 0 aliphatic rings. The molecule has 2 aromatic rings. The van der Waals surface area contributed by atoms with E-state index < -0.39 is 0 Å². The van der Waals surface area contributed by atoms with Crippen LogP contribution in [0, 0.1) is 11.3 Å². The lowest BCUT2D eigenvalue weighted by molar-refractivity contribution is -0.118. The van der Waals surface area contributed by atoms with E-state index in [1.807, 2.05) is 13.0 Å². The number of nitriles is 1. The summed E-state index contributed by atoms with van der Waals surface area (Å²) < 4.78 is 21.3. The fraction of sp³-hybridized carbons (Fsp3) is 0.263. The maximum absolute atomic E-state index is 12.2. The van der Waals surface area contributed by atoms with E-state index in [4.69, 9.17) is 24.2 Å². The van der Waals surface area contributed by atoms with Crippen molar-refractivity contribution in [3.8, 4) is 29.1 Å². The lowest BCUT2D eigenvalue weighted by Crippen LogP contribution is -2.20. The van der Waals surface area contributed by atoms with Gasteiger partial charge in [0.2, 0.25) is 0 Å². The number of hydrogen-bond acceptors (Lipinski definition) is 6. The first-order chi connectivity index (χ1) is 12.6. The number of carbonyl (C=O) groups is 1. The van der Waals surface area contributed by atoms with Crippen LogP contribution in [0.25, 0.3) is 0 Å². The Morgan fingerprint density at radius 3 is 2.50 bits per heavy atom. The molecule has 1 amide bonds. The van der Waals surface area contributed by atoms with Crippen molar-refractivity contribution in [2.24, 2.45) is 0 Å². The summed E-state index contributed by atoms with van der Waals surface area (Å²) in [4.78, 5) is 12.2. The van der Waals surface area contributed by atoms with Crippen LogP contribution in [0.2, 0.25) is 0 Å². The number of methoxy groups -OCH3 is 2. The van der Waals surface area contributed by atoms with Crippen LogP contribution in [0.4, 0.5) is 5.69 Å². The fourth-order valence-corrected chi connectivity index (χ4v) is 2.20. The summed E-state index contributed by atoms with van der Waals surface area (Å²) in [5.74, 6) is 1.55. The van der Waals surface area contributed by atoms with E-state index in [9.17, 15) is 4.79 Å². The van der Waals surface area contributed by atoms with Crippen LogP contribution in [0.5, 0.6) is 23.0 Å². The second-order valence-electron chi connectivity index (χ2n) is 5.11. The van der Waals surface area contributed by atoms with Gasteiger partial charge in [0.05, 0.1) is 38.1 Å². The number of nitrogens with one attached hydrogen (secondary N) is 1. The molecular formula is C19H20N2O5. The van der Waals surface area contributed by atoms with Crippen LogP contribution in [0.15, 0.2) is 36.4 Å². The second-order valence-corrected chi connectivity index (χ2v) is 5.11. The zero-order valence-electron chi connectivity index (χ0n) is 14.9. The van der Waals surface area contributed by atoms with E-state index >= 15 is 0 Å². The Labute approximate surface area is 152 Å². The molecule has 0 fully saturated rings. The number of hydrogen-bond donors (Lipinski definition) is 1. The third kappa shape index (κ3) is 4.80. The molecule has 0 saturated heterocycles. The molecule has 0 heterocycles. The molecule has 2 aromatic carbocycles. The third-order valence-corrected chi connectivity index (χ3v) is 3.41. The first-order valence-electron chi connectivity index (χ1n) is 7.92. The fourth-order valence-electron chi connectivity index (χ4n) is 2.20. The Bertz CT molecular complexity index is 814. The molecule has 136 valence electrons. The van der Waals surface area contributed by atoms with Gasteiger partial charge in [0.15, 0.2) is 18.1 Å². The molecule has 1 N–H and O–H groups in total. The number of rotatable bonds is 8. The third-order valence-electron chi connectivity index (χ3n) is 3.41. The molecule has 0 spiro atoms. The number of benzene rings is 2. The summed E-state index contributed by atoms with van der Waals surface area (Å²) in [5.41, 5.74) is 0.958. The van der Waals surface area contributed by atoms with E-state index in [1.54, 1.807) is 43.5 Å². The van der Waals surface area contributed by atoms with Crippen LogP contribution >= 0.6 is 0 Å². The van der Waals surface area contributed by atoms with E-state index in [-0.39, 0.29) is 12.5 Å². The van der Waals surface area contributed by atoms with E-state index in [0.717, 1.165) is 0 Å². The Kier molecular flexibility index (Phi) is 6.68. The first-order valence-corrected chi connectivity index (χ1v) is 7.92. The Morgan fingerprint density at radius 1 is 1.04 bits per heavy atom. The van der Waals surface area contributed by atoms with E-state index in [2.05, 4.69) is 5.32 Å². The molecule has 26 heavy (non-hydrogen) atoms. The van der Waals surface area contributed by atoms with Crippen molar-refractivity contribution in [3.05, 3.63) is 42.0 Å². The van der Waals surface area contributed by atoms with Gasteiger partial charge in [-0.15, -0.1) is 0 Å². The highest BCUT2D eigenvalue weighted by Crippen LogP contribution is 2.30. The summed E-state index contributed by atoms with van der Waals surface area (Å²) in [6, 6.07) is 11.9. The minimum Gasteiger partial charge on any atom is -0.497 e. The average molecular weight is 356 g/mol. The number of carbonyl (C=O) groups excluding carboxylic acids is 1. The molecule has 0 aromatic heterocycles.